The Kier molecular flexibility index (Phi) is 3.38. The zero-order valence-electron chi connectivity index (χ0n) is 8.90. The zero-order valence-corrected chi connectivity index (χ0v) is 9.72. The summed E-state index contributed by atoms with van der Waals surface area (Å²) < 4.78 is 0. The maximum absolute atomic E-state index is 11.9. The van der Waals surface area contributed by atoms with Gasteiger partial charge in [-0.3, -0.25) is 4.79 Å². The minimum absolute atomic E-state index is 0.0254. The molecule has 2 heterocycles. The van der Waals surface area contributed by atoms with Gasteiger partial charge in [-0.15, -0.1) is 0 Å². The van der Waals surface area contributed by atoms with Gasteiger partial charge in [0.05, 0.1) is 6.04 Å². The summed E-state index contributed by atoms with van der Waals surface area (Å²) in [7, 11) is 0. The van der Waals surface area contributed by atoms with Gasteiger partial charge in [0.25, 0.3) is 0 Å². The van der Waals surface area contributed by atoms with Gasteiger partial charge in [0.15, 0.2) is 0 Å². The highest BCUT2D eigenvalue weighted by Crippen LogP contribution is 2.12. The summed E-state index contributed by atoms with van der Waals surface area (Å²) >= 11 is 1.68. The van der Waals surface area contributed by atoms with Crippen LogP contribution < -0.4 is 5.32 Å². The molecule has 1 aliphatic heterocycles. The van der Waals surface area contributed by atoms with E-state index in [2.05, 4.69) is 22.1 Å². The van der Waals surface area contributed by atoms with Crippen LogP contribution in [0.1, 0.15) is 18.9 Å². The number of rotatable bonds is 3. The standard InChI is InChI=1S/C11H16N2OS/c1-2-10-11(14)13(5-4-12-10)7-9-3-6-15-8-9/h3,6,8,10,12H,2,4-5,7H2,1H3. The van der Waals surface area contributed by atoms with Crippen molar-refractivity contribution >= 4 is 17.2 Å². The predicted molar refractivity (Wildman–Crippen MR) is 61.8 cm³/mol. The lowest BCUT2D eigenvalue weighted by atomic mass is 10.1. The Hall–Kier alpha value is -0.870. The van der Waals surface area contributed by atoms with Gasteiger partial charge in [-0.25, -0.2) is 0 Å². The van der Waals surface area contributed by atoms with Gasteiger partial charge >= 0.3 is 0 Å². The maximum atomic E-state index is 11.9. The van der Waals surface area contributed by atoms with Crippen molar-refractivity contribution in [2.45, 2.75) is 25.9 Å². The molecule has 0 aliphatic carbocycles. The maximum Gasteiger partial charge on any atom is 0.240 e. The second-order valence-electron chi connectivity index (χ2n) is 3.81. The molecule has 1 aromatic rings. The third-order valence-corrected chi connectivity index (χ3v) is 3.48. The molecule has 15 heavy (non-hydrogen) atoms. The minimum Gasteiger partial charge on any atom is -0.336 e. The number of hydrogen-bond donors (Lipinski definition) is 1. The van der Waals surface area contributed by atoms with E-state index in [0.29, 0.717) is 0 Å². The zero-order chi connectivity index (χ0) is 10.7. The van der Waals surface area contributed by atoms with Gasteiger partial charge < -0.3 is 10.2 Å². The highest BCUT2D eigenvalue weighted by atomic mass is 32.1. The number of carbonyl (C=O) groups excluding carboxylic acids is 1. The fourth-order valence-electron chi connectivity index (χ4n) is 1.87. The predicted octanol–water partition coefficient (Wildman–Crippen LogP) is 1.46. The van der Waals surface area contributed by atoms with Crippen molar-refractivity contribution in [2.24, 2.45) is 0 Å². The Morgan fingerprint density at radius 1 is 1.67 bits per heavy atom. The minimum atomic E-state index is 0.0254. The molecular formula is C11H16N2OS. The molecule has 0 spiro atoms. The first-order valence-corrected chi connectivity index (χ1v) is 6.28. The van der Waals surface area contributed by atoms with Crippen LogP contribution in [0.3, 0.4) is 0 Å². The average molecular weight is 224 g/mol. The molecule has 82 valence electrons. The summed E-state index contributed by atoms with van der Waals surface area (Å²) in [5, 5.41) is 7.40. The number of piperazine rings is 1. The quantitative estimate of drug-likeness (QED) is 0.843. The molecule has 0 saturated carbocycles. The van der Waals surface area contributed by atoms with Gasteiger partial charge in [0, 0.05) is 19.6 Å². The van der Waals surface area contributed by atoms with Crippen molar-refractivity contribution < 1.29 is 4.79 Å². The Balaban J connectivity index is 1.99. The van der Waals surface area contributed by atoms with Crippen LogP contribution in [0.15, 0.2) is 16.8 Å². The normalized spacial score (nSPS) is 22.1. The summed E-state index contributed by atoms with van der Waals surface area (Å²) in [5.41, 5.74) is 1.24. The van der Waals surface area contributed by atoms with E-state index in [4.69, 9.17) is 0 Å². The van der Waals surface area contributed by atoms with Crippen LogP contribution in [0, 0.1) is 0 Å². The smallest absolute Gasteiger partial charge is 0.240 e. The van der Waals surface area contributed by atoms with Gasteiger partial charge in [0.2, 0.25) is 5.91 Å². The van der Waals surface area contributed by atoms with Crippen molar-refractivity contribution in [3.63, 3.8) is 0 Å². The topological polar surface area (TPSA) is 32.3 Å². The fourth-order valence-corrected chi connectivity index (χ4v) is 2.53. The molecule has 0 aromatic carbocycles. The first kappa shape index (κ1) is 10.6. The molecule has 1 atom stereocenters. The van der Waals surface area contributed by atoms with Crippen molar-refractivity contribution in [3.05, 3.63) is 22.4 Å². The summed E-state index contributed by atoms with van der Waals surface area (Å²) in [5.74, 6) is 0.245. The average Bonchev–Trinajstić information content (AvgIpc) is 2.74. The number of hydrogen-bond acceptors (Lipinski definition) is 3. The second-order valence-corrected chi connectivity index (χ2v) is 4.59. The number of nitrogens with one attached hydrogen (secondary N) is 1. The highest BCUT2D eigenvalue weighted by Gasteiger charge is 2.26. The van der Waals surface area contributed by atoms with E-state index in [9.17, 15) is 4.79 Å². The summed E-state index contributed by atoms with van der Waals surface area (Å²) in [4.78, 5) is 13.9. The molecule has 1 aromatic heterocycles. The molecule has 1 fully saturated rings. The van der Waals surface area contributed by atoms with Crippen LogP contribution in [-0.4, -0.2) is 29.9 Å². The lowest BCUT2D eigenvalue weighted by molar-refractivity contribution is -0.136. The molecule has 1 N–H and O–H groups in total. The highest BCUT2D eigenvalue weighted by molar-refractivity contribution is 7.07. The van der Waals surface area contributed by atoms with E-state index in [1.165, 1.54) is 5.56 Å². The Labute approximate surface area is 94.1 Å². The molecule has 0 radical (unpaired) electrons. The first-order valence-electron chi connectivity index (χ1n) is 5.34. The third-order valence-electron chi connectivity index (χ3n) is 2.74. The van der Waals surface area contributed by atoms with E-state index < -0.39 is 0 Å². The van der Waals surface area contributed by atoms with Crippen molar-refractivity contribution in [2.75, 3.05) is 13.1 Å². The molecule has 1 unspecified atom stereocenters. The Bertz CT molecular complexity index is 323. The fraction of sp³-hybridized carbons (Fsp3) is 0.545. The van der Waals surface area contributed by atoms with Crippen molar-refractivity contribution in [3.8, 4) is 0 Å². The molecule has 2 rings (SSSR count). The molecule has 1 aliphatic rings. The van der Waals surface area contributed by atoms with E-state index in [1.54, 1.807) is 11.3 Å². The van der Waals surface area contributed by atoms with Crippen LogP contribution in [-0.2, 0) is 11.3 Å². The second kappa shape index (κ2) is 4.77. The van der Waals surface area contributed by atoms with E-state index in [-0.39, 0.29) is 11.9 Å². The third kappa shape index (κ3) is 2.38. The number of carbonyl (C=O) groups is 1. The largest absolute Gasteiger partial charge is 0.336 e. The number of nitrogens with zero attached hydrogens (tertiary/aromatic N) is 1. The summed E-state index contributed by atoms with van der Waals surface area (Å²) in [6, 6.07) is 2.11. The Morgan fingerprint density at radius 2 is 2.53 bits per heavy atom. The van der Waals surface area contributed by atoms with Crippen LogP contribution >= 0.6 is 11.3 Å². The van der Waals surface area contributed by atoms with Crippen molar-refractivity contribution in [1.82, 2.24) is 10.2 Å². The van der Waals surface area contributed by atoms with E-state index in [1.807, 2.05) is 11.8 Å². The van der Waals surface area contributed by atoms with E-state index in [0.717, 1.165) is 26.1 Å². The van der Waals surface area contributed by atoms with Gasteiger partial charge in [0.1, 0.15) is 0 Å². The molecule has 4 heteroatoms. The van der Waals surface area contributed by atoms with Crippen LogP contribution in [0.25, 0.3) is 0 Å². The monoisotopic (exact) mass is 224 g/mol. The van der Waals surface area contributed by atoms with Gasteiger partial charge in [-0.05, 0) is 28.8 Å². The number of thiophene rings is 1. The summed E-state index contributed by atoms with van der Waals surface area (Å²) in [6.45, 7) is 4.55. The van der Waals surface area contributed by atoms with Crippen molar-refractivity contribution in [1.29, 1.82) is 0 Å². The van der Waals surface area contributed by atoms with Crippen LogP contribution in [0.2, 0.25) is 0 Å². The molecule has 1 amide bonds. The van der Waals surface area contributed by atoms with Gasteiger partial charge in [-0.1, -0.05) is 6.92 Å². The SMILES string of the molecule is CCC1NCCN(Cc2ccsc2)C1=O. The first-order chi connectivity index (χ1) is 7.31. The Morgan fingerprint density at radius 3 is 3.20 bits per heavy atom. The molecule has 0 bridgehead atoms. The lowest BCUT2D eigenvalue weighted by Crippen LogP contribution is -2.54. The summed E-state index contributed by atoms with van der Waals surface area (Å²) in [6.07, 6.45) is 0.874. The van der Waals surface area contributed by atoms with E-state index >= 15 is 0 Å². The van der Waals surface area contributed by atoms with Gasteiger partial charge in [-0.2, -0.15) is 11.3 Å². The lowest BCUT2D eigenvalue weighted by Gasteiger charge is -2.32. The van der Waals surface area contributed by atoms with Crippen LogP contribution in [0.5, 0.6) is 0 Å². The van der Waals surface area contributed by atoms with Crippen LogP contribution in [0.4, 0.5) is 0 Å². The number of amides is 1. The molecule has 1 saturated heterocycles. The molecular weight excluding hydrogens is 208 g/mol. The molecule has 3 nitrogen and oxygen atoms in total.